The van der Waals surface area contributed by atoms with Gasteiger partial charge >= 0.3 is 0 Å². The Morgan fingerprint density at radius 1 is 1.36 bits per heavy atom. The van der Waals surface area contributed by atoms with Crippen molar-refractivity contribution in [2.24, 2.45) is 0 Å². The summed E-state index contributed by atoms with van der Waals surface area (Å²) < 4.78 is 0. The van der Waals surface area contributed by atoms with Gasteiger partial charge in [0.15, 0.2) is 0 Å². The Kier molecular flexibility index (Phi) is 1.84. The Labute approximate surface area is 71.4 Å². The van der Waals surface area contributed by atoms with E-state index >= 15 is 0 Å². The van der Waals surface area contributed by atoms with Crippen LogP contribution in [-0.4, -0.2) is 6.54 Å². The van der Waals surface area contributed by atoms with Crippen molar-refractivity contribution in [2.75, 3.05) is 6.54 Å². The number of hydrogen-bond acceptors (Lipinski definition) is 1. The van der Waals surface area contributed by atoms with Gasteiger partial charge in [-0.15, -0.1) is 0 Å². The average molecular weight is 168 g/mol. The third kappa shape index (κ3) is 1.26. The van der Waals surface area contributed by atoms with E-state index in [4.69, 9.17) is 11.6 Å². The van der Waals surface area contributed by atoms with Crippen LogP contribution >= 0.6 is 11.6 Å². The first-order valence-electron chi connectivity index (χ1n) is 3.86. The highest BCUT2D eigenvalue weighted by atomic mass is 35.5. The smallest absolute Gasteiger partial charge is 0.0453 e. The highest BCUT2D eigenvalue weighted by molar-refractivity contribution is 6.31. The van der Waals surface area contributed by atoms with E-state index in [1.807, 2.05) is 18.2 Å². The molecule has 0 amide bonds. The van der Waals surface area contributed by atoms with Crippen LogP contribution in [-0.2, 0) is 0 Å². The molecule has 58 valence electrons. The Hall–Kier alpha value is -0.530. The molecule has 1 atom stereocenters. The fraction of sp³-hybridized carbons (Fsp3) is 0.333. The first-order chi connectivity index (χ1) is 5.38. The summed E-state index contributed by atoms with van der Waals surface area (Å²) in [6.45, 7) is 1.12. The van der Waals surface area contributed by atoms with Crippen molar-refractivity contribution < 1.29 is 0 Å². The van der Waals surface area contributed by atoms with Crippen molar-refractivity contribution in [3.63, 3.8) is 0 Å². The number of nitrogens with one attached hydrogen (secondary N) is 1. The predicted octanol–water partition coefficient (Wildman–Crippen LogP) is 2.37. The molecule has 1 N–H and O–H groups in total. The molecule has 0 unspecified atom stereocenters. The number of benzene rings is 1. The zero-order valence-electron chi connectivity index (χ0n) is 6.18. The molecule has 1 saturated heterocycles. The van der Waals surface area contributed by atoms with Gasteiger partial charge in [-0.3, -0.25) is 0 Å². The molecule has 1 aliphatic heterocycles. The number of hydrogen-bond donors (Lipinski definition) is 1. The quantitative estimate of drug-likeness (QED) is 0.677. The van der Waals surface area contributed by atoms with E-state index in [2.05, 4.69) is 11.4 Å². The van der Waals surface area contributed by atoms with Crippen molar-refractivity contribution in [1.82, 2.24) is 5.32 Å². The minimum Gasteiger partial charge on any atom is -0.310 e. The molecule has 0 spiro atoms. The van der Waals surface area contributed by atoms with Crippen LogP contribution in [0.2, 0.25) is 5.02 Å². The molecule has 1 nitrogen and oxygen atoms in total. The van der Waals surface area contributed by atoms with E-state index < -0.39 is 0 Å². The molecular weight excluding hydrogens is 158 g/mol. The fourth-order valence-electron chi connectivity index (χ4n) is 1.31. The van der Waals surface area contributed by atoms with Crippen LogP contribution in [0.3, 0.4) is 0 Å². The van der Waals surface area contributed by atoms with E-state index in [9.17, 15) is 0 Å². The van der Waals surface area contributed by atoms with Crippen molar-refractivity contribution in [2.45, 2.75) is 12.5 Å². The maximum atomic E-state index is 5.99. The zero-order valence-corrected chi connectivity index (χ0v) is 6.93. The second-order valence-corrected chi connectivity index (χ2v) is 3.22. The van der Waals surface area contributed by atoms with Crippen molar-refractivity contribution in [3.8, 4) is 0 Å². The van der Waals surface area contributed by atoms with Crippen molar-refractivity contribution in [3.05, 3.63) is 34.9 Å². The minimum absolute atomic E-state index is 0.503. The Morgan fingerprint density at radius 3 is 2.64 bits per heavy atom. The molecule has 1 aromatic carbocycles. The molecular formula is C9H10ClN. The summed E-state index contributed by atoms with van der Waals surface area (Å²) in [5, 5.41) is 4.20. The number of halogens is 1. The third-order valence-electron chi connectivity index (χ3n) is 2.10. The summed E-state index contributed by atoms with van der Waals surface area (Å²) in [6.07, 6.45) is 1.21. The van der Waals surface area contributed by atoms with E-state index in [0.717, 1.165) is 11.6 Å². The lowest BCUT2D eigenvalue weighted by Gasteiger charge is -2.28. The summed E-state index contributed by atoms with van der Waals surface area (Å²) in [5.74, 6) is 0. The van der Waals surface area contributed by atoms with Gasteiger partial charge in [0.1, 0.15) is 0 Å². The van der Waals surface area contributed by atoms with Gasteiger partial charge in [0.05, 0.1) is 0 Å². The summed E-state index contributed by atoms with van der Waals surface area (Å²) in [7, 11) is 0. The largest absolute Gasteiger partial charge is 0.310 e. The van der Waals surface area contributed by atoms with Gasteiger partial charge in [-0.2, -0.15) is 0 Å². The maximum Gasteiger partial charge on any atom is 0.0453 e. The normalized spacial score (nSPS) is 22.8. The Bertz CT molecular complexity index is 255. The summed E-state index contributed by atoms with van der Waals surface area (Å²) in [6, 6.07) is 8.52. The monoisotopic (exact) mass is 167 g/mol. The van der Waals surface area contributed by atoms with Crippen LogP contribution in [0.1, 0.15) is 18.0 Å². The molecule has 0 radical (unpaired) electrons. The molecule has 2 heteroatoms. The summed E-state index contributed by atoms with van der Waals surface area (Å²) in [4.78, 5) is 0. The van der Waals surface area contributed by atoms with E-state index in [1.165, 1.54) is 12.0 Å². The van der Waals surface area contributed by atoms with Gasteiger partial charge in [-0.25, -0.2) is 0 Å². The molecule has 2 rings (SSSR count). The first-order valence-corrected chi connectivity index (χ1v) is 4.23. The average Bonchev–Trinajstić information content (AvgIpc) is 1.90. The van der Waals surface area contributed by atoms with Crippen molar-refractivity contribution in [1.29, 1.82) is 0 Å². The molecule has 0 saturated carbocycles. The van der Waals surface area contributed by atoms with Gasteiger partial charge in [-0.1, -0.05) is 29.8 Å². The van der Waals surface area contributed by atoms with Crippen LogP contribution < -0.4 is 5.32 Å². The summed E-state index contributed by atoms with van der Waals surface area (Å²) >= 11 is 5.99. The molecule has 11 heavy (non-hydrogen) atoms. The van der Waals surface area contributed by atoms with Crippen molar-refractivity contribution >= 4 is 11.6 Å². The predicted molar refractivity (Wildman–Crippen MR) is 46.8 cm³/mol. The molecule has 1 aromatic rings. The van der Waals surface area contributed by atoms with Crippen LogP contribution in [0.4, 0.5) is 0 Å². The zero-order chi connectivity index (χ0) is 7.68. The van der Waals surface area contributed by atoms with Crippen LogP contribution in [0.5, 0.6) is 0 Å². The third-order valence-corrected chi connectivity index (χ3v) is 2.45. The first kappa shape index (κ1) is 7.14. The van der Waals surface area contributed by atoms with Gasteiger partial charge in [0, 0.05) is 11.1 Å². The second kappa shape index (κ2) is 2.84. The Balaban J connectivity index is 2.28. The Morgan fingerprint density at radius 2 is 2.09 bits per heavy atom. The maximum absolute atomic E-state index is 5.99. The molecule has 0 aromatic heterocycles. The number of rotatable bonds is 1. The lowest BCUT2D eigenvalue weighted by Crippen LogP contribution is -2.35. The minimum atomic E-state index is 0.503. The molecule has 1 fully saturated rings. The molecule has 0 aliphatic carbocycles. The van der Waals surface area contributed by atoms with Gasteiger partial charge < -0.3 is 5.32 Å². The van der Waals surface area contributed by atoms with Gasteiger partial charge in [0.2, 0.25) is 0 Å². The molecule has 0 bridgehead atoms. The molecule has 1 heterocycles. The highest BCUT2D eigenvalue weighted by Gasteiger charge is 2.19. The van der Waals surface area contributed by atoms with Gasteiger partial charge in [-0.05, 0) is 24.6 Å². The van der Waals surface area contributed by atoms with E-state index in [1.54, 1.807) is 0 Å². The fourth-order valence-corrected chi connectivity index (χ4v) is 1.58. The standard InChI is InChI=1S/C9H10ClN/c10-8-4-2-1-3-7(8)9-5-6-11-9/h1-4,9,11H,5-6H2/t9-/m0/s1. The molecule has 1 aliphatic rings. The van der Waals surface area contributed by atoms with Crippen LogP contribution in [0.15, 0.2) is 24.3 Å². The topological polar surface area (TPSA) is 12.0 Å². The lowest BCUT2D eigenvalue weighted by atomic mass is 9.98. The lowest BCUT2D eigenvalue weighted by molar-refractivity contribution is 0.383. The van der Waals surface area contributed by atoms with Crippen LogP contribution in [0, 0.1) is 0 Å². The van der Waals surface area contributed by atoms with E-state index in [-0.39, 0.29) is 0 Å². The second-order valence-electron chi connectivity index (χ2n) is 2.82. The SMILES string of the molecule is Clc1ccccc1[C@@H]1CCN1. The van der Waals surface area contributed by atoms with E-state index in [0.29, 0.717) is 6.04 Å². The summed E-state index contributed by atoms with van der Waals surface area (Å²) in [5.41, 5.74) is 1.24. The highest BCUT2D eigenvalue weighted by Crippen LogP contribution is 2.28. The van der Waals surface area contributed by atoms with Gasteiger partial charge in [0.25, 0.3) is 0 Å². The van der Waals surface area contributed by atoms with Crippen LogP contribution in [0.25, 0.3) is 0 Å².